The van der Waals surface area contributed by atoms with Gasteiger partial charge in [0.25, 0.3) is 5.91 Å². The SMILES string of the molecule is CCc1sc(C(=O)NCc2cccnc2N2CCOCC2)cc1C. The number of nitrogens with one attached hydrogen (secondary N) is 1. The fourth-order valence-corrected chi connectivity index (χ4v) is 3.90. The average molecular weight is 345 g/mol. The summed E-state index contributed by atoms with van der Waals surface area (Å²) in [4.78, 5) is 21.2. The fourth-order valence-electron chi connectivity index (χ4n) is 2.87. The van der Waals surface area contributed by atoms with E-state index in [-0.39, 0.29) is 5.91 Å². The van der Waals surface area contributed by atoms with Crippen LogP contribution in [0.25, 0.3) is 0 Å². The highest BCUT2D eigenvalue weighted by atomic mass is 32.1. The number of hydrogen-bond donors (Lipinski definition) is 1. The predicted octanol–water partition coefficient (Wildman–Crippen LogP) is 2.78. The molecular formula is C18H23N3O2S. The van der Waals surface area contributed by atoms with Gasteiger partial charge in [-0.05, 0) is 31.0 Å². The van der Waals surface area contributed by atoms with E-state index in [1.165, 1.54) is 10.4 Å². The summed E-state index contributed by atoms with van der Waals surface area (Å²) in [6.07, 6.45) is 2.76. The second kappa shape index (κ2) is 7.77. The van der Waals surface area contributed by atoms with E-state index in [9.17, 15) is 4.79 Å². The molecule has 0 radical (unpaired) electrons. The van der Waals surface area contributed by atoms with Gasteiger partial charge in [-0.15, -0.1) is 11.3 Å². The van der Waals surface area contributed by atoms with E-state index in [0.29, 0.717) is 6.54 Å². The Kier molecular flexibility index (Phi) is 5.48. The standard InChI is InChI=1S/C18H23N3O2S/c1-3-15-13(2)11-16(24-15)18(22)20-12-14-5-4-6-19-17(14)21-7-9-23-10-8-21/h4-6,11H,3,7-10,12H2,1-2H3,(H,20,22). The van der Waals surface area contributed by atoms with Gasteiger partial charge < -0.3 is 15.0 Å². The Bertz CT molecular complexity index is 708. The number of carbonyl (C=O) groups is 1. The number of hydrogen-bond acceptors (Lipinski definition) is 5. The van der Waals surface area contributed by atoms with Crippen LogP contribution in [0.3, 0.4) is 0 Å². The molecule has 3 heterocycles. The van der Waals surface area contributed by atoms with Gasteiger partial charge in [0.1, 0.15) is 5.82 Å². The molecule has 0 aliphatic carbocycles. The predicted molar refractivity (Wildman–Crippen MR) is 96.9 cm³/mol. The van der Waals surface area contributed by atoms with E-state index in [2.05, 4.69) is 29.0 Å². The highest BCUT2D eigenvalue weighted by molar-refractivity contribution is 7.14. The molecule has 1 saturated heterocycles. The zero-order valence-electron chi connectivity index (χ0n) is 14.2. The van der Waals surface area contributed by atoms with Crippen LogP contribution in [0.1, 0.15) is 32.6 Å². The van der Waals surface area contributed by atoms with Crippen molar-refractivity contribution in [3.63, 3.8) is 0 Å². The van der Waals surface area contributed by atoms with E-state index in [0.717, 1.165) is 49.0 Å². The number of ether oxygens (including phenoxy) is 1. The number of aryl methyl sites for hydroxylation is 2. The minimum atomic E-state index is -0.0143. The van der Waals surface area contributed by atoms with Gasteiger partial charge in [0.15, 0.2) is 0 Å². The first-order valence-electron chi connectivity index (χ1n) is 8.33. The minimum Gasteiger partial charge on any atom is -0.378 e. The molecule has 0 spiro atoms. The van der Waals surface area contributed by atoms with Crippen LogP contribution in [0.15, 0.2) is 24.4 Å². The third-order valence-corrected chi connectivity index (χ3v) is 5.56. The number of carbonyl (C=O) groups excluding carboxylic acids is 1. The molecule has 2 aromatic heterocycles. The summed E-state index contributed by atoms with van der Waals surface area (Å²) in [5.41, 5.74) is 2.24. The lowest BCUT2D eigenvalue weighted by Gasteiger charge is -2.29. The van der Waals surface area contributed by atoms with Crippen LogP contribution in [0.2, 0.25) is 0 Å². The lowest BCUT2D eigenvalue weighted by Crippen LogP contribution is -2.37. The Hall–Kier alpha value is -1.92. The molecule has 1 aliphatic rings. The van der Waals surface area contributed by atoms with E-state index < -0.39 is 0 Å². The van der Waals surface area contributed by atoms with Crippen molar-refractivity contribution in [1.29, 1.82) is 0 Å². The number of nitrogens with zero attached hydrogens (tertiary/aromatic N) is 2. The maximum Gasteiger partial charge on any atom is 0.261 e. The van der Waals surface area contributed by atoms with Crippen LogP contribution < -0.4 is 10.2 Å². The molecule has 24 heavy (non-hydrogen) atoms. The molecule has 6 heteroatoms. The summed E-state index contributed by atoms with van der Waals surface area (Å²) in [7, 11) is 0. The van der Waals surface area contributed by atoms with E-state index in [1.54, 1.807) is 17.5 Å². The number of aromatic nitrogens is 1. The molecule has 0 aromatic carbocycles. The quantitative estimate of drug-likeness (QED) is 0.905. The molecule has 0 unspecified atom stereocenters. The zero-order chi connectivity index (χ0) is 16.9. The lowest BCUT2D eigenvalue weighted by molar-refractivity contribution is 0.0954. The third-order valence-electron chi connectivity index (χ3n) is 4.18. The lowest BCUT2D eigenvalue weighted by atomic mass is 10.2. The van der Waals surface area contributed by atoms with Crippen molar-refractivity contribution in [1.82, 2.24) is 10.3 Å². The zero-order valence-corrected chi connectivity index (χ0v) is 15.0. The van der Waals surface area contributed by atoms with Gasteiger partial charge >= 0.3 is 0 Å². The van der Waals surface area contributed by atoms with Crippen LogP contribution in [0, 0.1) is 6.92 Å². The summed E-state index contributed by atoms with van der Waals surface area (Å²) in [6, 6.07) is 5.91. The van der Waals surface area contributed by atoms with Gasteiger partial charge in [-0.25, -0.2) is 4.98 Å². The molecule has 1 N–H and O–H groups in total. The van der Waals surface area contributed by atoms with Gasteiger partial charge in [0.05, 0.1) is 18.1 Å². The molecule has 128 valence electrons. The van der Waals surface area contributed by atoms with Crippen LogP contribution in [0.5, 0.6) is 0 Å². The number of anilines is 1. The van der Waals surface area contributed by atoms with Crippen LogP contribution >= 0.6 is 11.3 Å². The minimum absolute atomic E-state index is 0.0143. The average Bonchev–Trinajstić information content (AvgIpc) is 3.01. The Morgan fingerprint density at radius 3 is 2.92 bits per heavy atom. The Morgan fingerprint density at radius 1 is 1.42 bits per heavy atom. The van der Waals surface area contributed by atoms with Crippen molar-refractivity contribution in [2.24, 2.45) is 0 Å². The normalized spacial score (nSPS) is 14.7. The molecule has 1 fully saturated rings. The molecule has 0 atom stereocenters. The maximum absolute atomic E-state index is 12.4. The highest BCUT2D eigenvalue weighted by Crippen LogP contribution is 2.23. The van der Waals surface area contributed by atoms with Gasteiger partial charge in [-0.3, -0.25) is 4.79 Å². The molecule has 0 bridgehead atoms. The largest absolute Gasteiger partial charge is 0.378 e. The molecular weight excluding hydrogens is 322 g/mol. The number of morpholine rings is 1. The van der Waals surface area contributed by atoms with Crippen LogP contribution in [-0.2, 0) is 17.7 Å². The molecule has 2 aromatic rings. The monoisotopic (exact) mass is 345 g/mol. The van der Waals surface area contributed by atoms with Crippen LogP contribution in [0.4, 0.5) is 5.82 Å². The van der Waals surface area contributed by atoms with Crippen molar-refractivity contribution < 1.29 is 9.53 Å². The van der Waals surface area contributed by atoms with E-state index >= 15 is 0 Å². The molecule has 3 rings (SSSR count). The first-order chi connectivity index (χ1) is 11.7. The van der Waals surface area contributed by atoms with Crippen molar-refractivity contribution in [3.05, 3.63) is 45.3 Å². The summed E-state index contributed by atoms with van der Waals surface area (Å²) >= 11 is 1.58. The van der Waals surface area contributed by atoms with Crippen molar-refractivity contribution in [3.8, 4) is 0 Å². The fraction of sp³-hybridized carbons (Fsp3) is 0.444. The third kappa shape index (κ3) is 3.76. The van der Waals surface area contributed by atoms with E-state index in [1.807, 2.05) is 18.2 Å². The van der Waals surface area contributed by atoms with Gasteiger partial charge in [0.2, 0.25) is 0 Å². The summed E-state index contributed by atoms with van der Waals surface area (Å²) in [5.74, 6) is 0.928. The topological polar surface area (TPSA) is 54.5 Å². The number of rotatable bonds is 5. The van der Waals surface area contributed by atoms with Crippen molar-refractivity contribution in [2.75, 3.05) is 31.2 Å². The second-order valence-electron chi connectivity index (χ2n) is 5.84. The number of thiophene rings is 1. The summed E-state index contributed by atoms with van der Waals surface area (Å²) < 4.78 is 5.40. The van der Waals surface area contributed by atoms with Crippen molar-refractivity contribution in [2.45, 2.75) is 26.8 Å². The first kappa shape index (κ1) is 16.9. The van der Waals surface area contributed by atoms with Crippen LogP contribution in [-0.4, -0.2) is 37.2 Å². The van der Waals surface area contributed by atoms with Crippen molar-refractivity contribution >= 4 is 23.1 Å². The first-order valence-corrected chi connectivity index (χ1v) is 9.14. The highest BCUT2D eigenvalue weighted by Gasteiger charge is 2.17. The molecule has 5 nitrogen and oxygen atoms in total. The Balaban J connectivity index is 1.68. The Morgan fingerprint density at radius 2 is 2.21 bits per heavy atom. The molecule has 1 amide bonds. The smallest absolute Gasteiger partial charge is 0.261 e. The number of amides is 1. The Labute approximate surface area is 146 Å². The molecule has 1 aliphatic heterocycles. The van der Waals surface area contributed by atoms with Gasteiger partial charge in [-0.1, -0.05) is 13.0 Å². The van der Waals surface area contributed by atoms with Gasteiger partial charge in [0, 0.05) is 36.3 Å². The molecule has 0 saturated carbocycles. The maximum atomic E-state index is 12.4. The second-order valence-corrected chi connectivity index (χ2v) is 6.98. The van der Waals surface area contributed by atoms with Gasteiger partial charge in [-0.2, -0.15) is 0 Å². The number of pyridine rings is 1. The summed E-state index contributed by atoms with van der Waals surface area (Å²) in [5, 5.41) is 3.03. The summed E-state index contributed by atoms with van der Waals surface area (Å²) in [6.45, 7) is 7.77. The van der Waals surface area contributed by atoms with E-state index in [4.69, 9.17) is 4.74 Å².